The summed E-state index contributed by atoms with van der Waals surface area (Å²) in [5, 5.41) is 3.50. The largest absolute Gasteiger partial charge is 0.384 e. The van der Waals surface area contributed by atoms with Gasteiger partial charge in [0.25, 0.3) is 0 Å². The van der Waals surface area contributed by atoms with Crippen molar-refractivity contribution in [3.8, 4) is 0 Å². The zero-order valence-corrected chi connectivity index (χ0v) is 10.5. The second-order valence-electron chi connectivity index (χ2n) is 5.23. The molecule has 1 unspecified atom stereocenters. The molecule has 0 aromatic rings. The molecule has 0 amide bonds. The lowest BCUT2D eigenvalue weighted by atomic mass is 10.0. The maximum atomic E-state index is 5.10. The number of hydrogen-bond donors (Lipinski definition) is 1. The zero-order valence-electron chi connectivity index (χ0n) is 10.5. The minimum absolute atomic E-state index is 0.262. The van der Waals surface area contributed by atoms with Crippen LogP contribution in [-0.4, -0.2) is 25.8 Å². The molecular formula is C12H27NO. The highest BCUT2D eigenvalue weighted by molar-refractivity contribution is 4.69. The first-order valence-electron chi connectivity index (χ1n) is 5.69. The Hall–Kier alpha value is -0.0800. The summed E-state index contributed by atoms with van der Waals surface area (Å²) in [6, 6.07) is 0. The molecule has 86 valence electrons. The fourth-order valence-corrected chi connectivity index (χ4v) is 1.45. The number of ether oxygens (including phenoxy) is 1. The topological polar surface area (TPSA) is 21.3 Å². The number of unbranched alkanes of at least 4 members (excludes halogenated alkanes) is 1. The number of hydrogen-bond acceptors (Lipinski definition) is 2. The summed E-state index contributed by atoms with van der Waals surface area (Å²) in [4.78, 5) is 0. The van der Waals surface area contributed by atoms with Gasteiger partial charge in [0.2, 0.25) is 0 Å². The second-order valence-corrected chi connectivity index (χ2v) is 5.23. The van der Waals surface area contributed by atoms with Gasteiger partial charge in [0.15, 0.2) is 0 Å². The van der Waals surface area contributed by atoms with Crippen LogP contribution in [0.25, 0.3) is 0 Å². The van der Waals surface area contributed by atoms with Crippen LogP contribution in [0, 0.1) is 5.92 Å². The molecule has 0 aromatic carbocycles. The van der Waals surface area contributed by atoms with E-state index in [1.165, 1.54) is 19.3 Å². The highest BCUT2D eigenvalue weighted by Crippen LogP contribution is 2.08. The number of methoxy groups -OCH3 is 1. The molecule has 1 N–H and O–H groups in total. The maximum absolute atomic E-state index is 5.10. The van der Waals surface area contributed by atoms with Gasteiger partial charge in [0, 0.05) is 19.3 Å². The summed E-state index contributed by atoms with van der Waals surface area (Å²) in [5.41, 5.74) is 0.262. The third-order valence-corrected chi connectivity index (χ3v) is 2.23. The van der Waals surface area contributed by atoms with E-state index in [4.69, 9.17) is 4.74 Å². The molecule has 0 fully saturated rings. The van der Waals surface area contributed by atoms with Crippen LogP contribution in [0.3, 0.4) is 0 Å². The van der Waals surface area contributed by atoms with Gasteiger partial charge in [-0.15, -0.1) is 0 Å². The first-order chi connectivity index (χ1) is 6.45. The fraction of sp³-hybridized carbons (Fsp3) is 1.00. The van der Waals surface area contributed by atoms with Gasteiger partial charge in [-0.05, 0) is 46.1 Å². The average molecular weight is 201 g/mol. The Bertz CT molecular complexity index is 129. The van der Waals surface area contributed by atoms with Crippen LogP contribution in [0.2, 0.25) is 0 Å². The van der Waals surface area contributed by atoms with E-state index >= 15 is 0 Å². The normalized spacial score (nSPS) is 14.4. The third-order valence-electron chi connectivity index (χ3n) is 2.23. The van der Waals surface area contributed by atoms with Gasteiger partial charge in [-0.25, -0.2) is 0 Å². The van der Waals surface area contributed by atoms with Crippen molar-refractivity contribution in [3.63, 3.8) is 0 Å². The van der Waals surface area contributed by atoms with Crippen LogP contribution in [0.4, 0.5) is 0 Å². The summed E-state index contributed by atoms with van der Waals surface area (Å²) >= 11 is 0. The van der Waals surface area contributed by atoms with Crippen molar-refractivity contribution in [2.45, 2.75) is 52.5 Å². The molecule has 0 spiro atoms. The van der Waals surface area contributed by atoms with Crippen molar-refractivity contribution in [2.24, 2.45) is 5.92 Å². The van der Waals surface area contributed by atoms with E-state index in [1.54, 1.807) is 7.11 Å². The molecule has 0 heterocycles. The molecule has 0 saturated carbocycles. The van der Waals surface area contributed by atoms with Crippen LogP contribution < -0.4 is 5.32 Å². The monoisotopic (exact) mass is 201 g/mol. The standard InChI is InChI=1S/C12H27NO/c1-11(10-14-5)8-6-7-9-13-12(2,3)4/h11,13H,6-10H2,1-5H3. The molecule has 0 aliphatic heterocycles. The van der Waals surface area contributed by atoms with E-state index in [2.05, 4.69) is 33.0 Å². The lowest BCUT2D eigenvalue weighted by Gasteiger charge is -2.20. The Labute approximate surface area is 89.4 Å². The lowest BCUT2D eigenvalue weighted by Crippen LogP contribution is -2.36. The predicted octanol–water partition coefficient (Wildman–Crippen LogP) is 2.83. The van der Waals surface area contributed by atoms with Crippen molar-refractivity contribution in [1.29, 1.82) is 0 Å². The summed E-state index contributed by atoms with van der Waals surface area (Å²) in [7, 11) is 1.78. The van der Waals surface area contributed by atoms with Crippen molar-refractivity contribution >= 4 is 0 Å². The molecule has 0 aromatic heterocycles. The molecule has 0 bridgehead atoms. The van der Waals surface area contributed by atoms with E-state index in [0.29, 0.717) is 5.92 Å². The molecule has 2 heteroatoms. The Morgan fingerprint density at radius 3 is 2.36 bits per heavy atom. The lowest BCUT2D eigenvalue weighted by molar-refractivity contribution is 0.154. The van der Waals surface area contributed by atoms with Gasteiger partial charge in [-0.2, -0.15) is 0 Å². The van der Waals surface area contributed by atoms with Gasteiger partial charge < -0.3 is 10.1 Å². The van der Waals surface area contributed by atoms with Crippen molar-refractivity contribution in [2.75, 3.05) is 20.3 Å². The molecular weight excluding hydrogens is 174 g/mol. The van der Waals surface area contributed by atoms with E-state index in [0.717, 1.165) is 13.2 Å². The van der Waals surface area contributed by atoms with E-state index < -0.39 is 0 Å². The van der Waals surface area contributed by atoms with Crippen molar-refractivity contribution in [3.05, 3.63) is 0 Å². The van der Waals surface area contributed by atoms with Gasteiger partial charge in [0.05, 0.1) is 0 Å². The Balaban J connectivity index is 3.21. The third kappa shape index (κ3) is 10.0. The average Bonchev–Trinajstić information content (AvgIpc) is 2.02. The first kappa shape index (κ1) is 13.9. The van der Waals surface area contributed by atoms with Gasteiger partial charge in [-0.3, -0.25) is 0 Å². The smallest absolute Gasteiger partial charge is 0.0487 e. The molecule has 0 saturated heterocycles. The molecule has 0 radical (unpaired) electrons. The van der Waals surface area contributed by atoms with Crippen LogP contribution in [0.15, 0.2) is 0 Å². The number of rotatable bonds is 7. The minimum atomic E-state index is 0.262. The van der Waals surface area contributed by atoms with Crippen molar-refractivity contribution < 1.29 is 4.74 Å². The predicted molar refractivity (Wildman–Crippen MR) is 62.6 cm³/mol. The van der Waals surface area contributed by atoms with Crippen LogP contribution in [-0.2, 0) is 4.74 Å². The molecule has 0 aliphatic rings. The SMILES string of the molecule is COCC(C)CCCCNC(C)(C)C. The minimum Gasteiger partial charge on any atom is -0.384 e. The van der Waals surface area contributed by atoms with E-state index in [1.807, 2.05) is 0 Å². The Morgan fingerprint density at radius 1 is 1.21 bits per heavy atom. The van der Waals surface area contributed by atoms with Crippen LogP contribution in [0.5, 0.6) is 0 Å². The summed E-state index contributed by atoms with van der Waals surface area (Å²) < 4.78 is 5.10. The van der Waals surface area contributed by atoms with Gasteiger partial charge in [0.1, 0.15) is 0 Å². The quantitative estimate of drug-likeness (QED) is 0.640. The van der Waals surface area contributed by atoms with Gasteiger partial charge in [-0.1, -0.05) is 13.3 Å². The van der Waals surface area contributed by atoms with E-state index in [-0.39, 0.29) is 5.54 Å². The van der Waals surface area contributed by atoms with Gasteiger partial charge >= 0.3 is 0 Å². The van der Waals surface area contributed by atoms with E-state index in [9.17, 15) is 0 Å². The number of nitrogens with one attached hydrogen (secondary N) is 1. The second kappa shape index (κ2) is 7.24. The Morgan fingerprint density at radius 2 is 1.86 bits per heavy atom. The highest BCUT2D eigenvalue weighted by atomic mass is 16.5. The highest BCUT2D eigenvalue weighted by Gasteiger charge is 2.07. The summed E-state index contributed by atoms with van der Waals surface area (Å²) in [6.07, 6.45) is 3.85. The van der Waals surface area contributed by atoms with Crippen LogP contribution >= 0.6 is 0 Å². The van der Waals surface area contributed by atoms with Crippen LogP contribution in [0.1, 0.15) is 47.0 Å². The summed E-state index contributed by atoms with van der Waals surface area (Å²) in [6.45, 7) is 10.9. The first-order valence-corrected chi connectivity index (χ1v) is 5.69. The fourth-order valence-electron chi connectivity index (χ4n) is 1.45. The molecule has 14 heavy (non-hydrogen) atoms. The Kier molecular flexibility index (Phi) is 7.20. The summed E-state index contributed by atoms with van der Waals surface area (Å²) in [5.74, 6) is 0.703. The maximum Gasteiger partial charge on any atom is 0.0487 e. The molecule has 0 rings (SSSR count). The molecule has 1 atom stereocenters. The zero-order chi connectivity index (χ0) is 11.0. The van der Waals surface area contributed by atoms with Crippen molar-refractivity contribution in [1.82, 2.24) is 5.32 Å². The molecule has 0 aliphatic carbocycles. The molecule has 2 nitrogen and oxygen atoms in total.